The zero-order valence-electron chi connectivity index (χ0n) is 24.3. The highest BCUT2D eigenvalue weighted by Gasteiger charge is 2.65. The van der Waals surface area contributed by atoms with Gasteiger partial charge in [0.05, 0.1) is 11.7 Å². The number of H-pyrrole nitrogens is 1. The number of amides is 1. The smallest absolute Gasteiger partial charge is 0.310 e. The lowest BCUT2D eigenvalue weighted by atomic mass is 9.89. The molecule has 0 saturated carbocycles. The first kappa shape index (κ1) is 31.6. The van der Waals surface area contributed by atoms with Crippen LogP contribution in [0.1, 0.15) is 74.3 Å². The lowest BCUT2D eigenvalue weighted by molar-refractivity contribution is -0.263. The Morgan fingerprint density at radius 3 is 2.35 bits per heavy atom. The lowest BCUT2D eigenvalue weighted by Crippen LogP contribution is -2.50. The van der Waals surface area contributed by atoms with Gasteiger partial charge in [-0.25, -0.2) is 14.9 Å². The third-order valence-corrected chi connectivity index (χ3v) is 8.73. The highest BCUT2D eigenvalue weighted by molar-refractivity contribution is 8.45. The summed E-state index contributed by atoms with van der Waals surface area (Å²) in [6.07, 6.45) is 1.05. The van der Waals surface area contributed by atoms with Crippen molar-refractivity contribution in [2.75, 3.05) is 26.2 Å². The van der Waals surface area contributed by atoms with Crippen LogP contribution < -0.4 is 0 Å². The Morgan fingerprint density at radius 2 is 1.74 bits per heavy atom. The maximum atomic E-state index is 13.0. The quantitative estimate of drug-likeness (QED) is 0.236. The minimum Gasteiger partial charge on any atom is -0.365 e. The molecule has 0 radical (unpaired) electrons. The van der Waals surface area contributed by atoms with E-state index in [1.165, 1.54) is 4.90 Å². The van der Waals surface area contributed by atoms with Crippen LogP contribution in [0, 0.1) is 0 Å². The Balaban J connectivity index is 1.27. The fraction of sp³-hybridized carbons (Fsp3) is 0.536. The van der Waals surface area contributed by atoms with E-state index in [2.05, 4.69) is 9.97 Å². The van der Waals surface area contributed by atoms with Crippen LogP contribution in [0.2, 0.25) is 0 Å². The molecule has 2 fully saturated rings. The summed E-state index contributed by atoms with van der Waals surface area (Å²) in [4.78, 5) is 26.7. The number of nitrogens with zero attached hydrogens (tertiary/aromatic N) is 4. The second-order valence-electron chi connectivity index (χ2n) is 12.2. The van der Waals surface area contributed by atoms with E-state index in [4.69, 9.17) is 14.5 Å². The van der Waals surface area contributed by atoms with E-state index in [-0.39, 0.29) is 29.7 Å². The largest absolute Gasteiger partial charge is 0.365 e. The molecule has 2 N–H and O–H groups in total. The van der Waals surface area contributed by atoms with Gasteiger partial charge >= 0.3 is 10.2 Å². The number of ether oxygens (including phenoxy) is 2. The summed E-state index contributed by atoms with van der Waals surface area (Å²) in [5.41, 5.74) is 1.58. The van der Waals surface area contributed by atoms with Gasteiger partial charge in [-0.1, -0.05) is 19.4 Å². The van der Waals surface area contributed by atoms with Crippen molar-refractivity contribution in [1.82, 2.24) is 24.8 Å². The van der Waals surface area contributed by atoms with Crippen molar-refractivity contribution < 1.29 is 38.8 Å². The number of aromatic amines is 1. The molecule has 43 heavy (non-hydrogen) atoms. The molecule has 5 rings (SSSR count). The number of carbonyl (C=O) groups is 1. The van der Waals surface area contributed by atoms with Gasteiger partial charge in [-0.3, -0.25) is 4.79 Å². The van der Waals surface area contributed by atoms with Crippen LogP contribution in [0.3, 0.4) is 0 Å². The van der Waals surface area contributed by atoms with Crippen molar-refractivity contribution in [3.8, 4) is 0 Å². The van der Waals surface area contributed by atoms with Crippen molar-refractivity contribution in [3.05, 3.63) is 53.5 Å². The van der Waals surface area contributed by atoms with E-state index < -0.39 is 39.1 Å². The number of aliphatic hydroxyl groups is 1. The summed E-state index contributed by atoms with van der Waals surface area (Å²) in [7, 11) is -9.81. The monoisotopic (exact) mass is 633 g/mol. The Labute approximate surface area is 246 Å². The number of aromatic nitrogens is 3. The van der Waals surface area contributed by atoms with Crippen molar-refractivity contribution in [3.63, 3.8) is 0 Å². The van der Waals surface area contributed by atoms with Crippen LogP contribution in [0.4, 0.5) is 19.4 Å². The predicted octanol–water partition coefficient (Wildman–Crippen LogP) is 6.49. The van der Waals surface area contributed by atoms with Gasteiger partial charge in [-0.15, -0.1) is 0 Å². The topological polar surface area (TPSA) is 104 Å². The highest BCUT2D eigenvalue weighted by Crippen LogP contribution is 3.02. The number of halogens is 5. The molecule has 1 unspecified atom stereocenters. The van der Waals surface area contributed by atoms with Crippen molar-refractivity contribution in [1.29, 1.82) is 0 Å². The summed E-state index contributed by atoms with van der Waals surface area (Å²) in [5.74, 6) is 0.0860. The van der Waals surface area contributed by atoms with Gasteiger partial charge in [-0.05, 0) is 82.3 Å². The minimum absolute atomic E-state index is 0.0332. The molecule has 0 bridgehead atoms. The zero-order chi connectivity index (χ0) is 31.4. The molecule has 238 valence electrons. The van der Waals surface area contributed by atoms with Gasteiger partial charge in [0.15, 0.2) is 5.65 Å². The summed E-state index contributed by atoms with van der Waals surface area (Å²) < 4.78 is 77.1. The van der Waals surface area contributed by atoms with Gasteiger partial charge in [0.1, 0.15) is 22.3 Å². The predicted molar refractivity (Wildman–Crippen MR) is 151 cm³/mol. The van der Waals surface area contributed by atoms with Crippen LogP contribution in [0.25, 0.3) is 11.2 Å². The van der Waals surface area contributed by atoms with E-state index >= 15 is 0 Å². The van der Waals surface area contributed by atoms with E-state index in [0.717, 1.165) is 17.7 Å². The van der Waals surface area contributed by atoms with Crippen LogP contribution in [0.15, 0.2) is 41.4 Å². The fourth-order valence-corrected chi connectivity index (χ4v) is 6.22. The molecule has 1 aromatic carbocycles. The van der Waals surface area contributed by atoms with Crippen LogP contribution in [-0.4, -0.2) is 80.1 Å². The van der Waals surface area contributed by atoms with Crippen LogP contribution in [0.5, 0.6) is 0 Å². The second kappa shape index (κ2) is 10.4. The molecule has 2 saturated heterocycles. The second-order valence-corrected chi connectivity index (χ2v) is 14.6. The molecule has 2 aromatic heterocycles. The summed E-state index contributed by atoms with van der Waals surface area (Å²) in [5, 5.41) is 10.6. The summed E-state index contributed by atoms with van der Waals surface area (Å²) in [6.45, 7) is 8.99. The molecule has 2 aliphatic heterocycles. The number of carbonyl (C=O) groups excluding carboxylic acids is 1. The average Bonchev–Trinajstić information content (AvgIpc) is 3.35. The number of nitrogens with one attached hydrogen (secondary N) is 1. The number of aliphatic hydroxyl groups excluding tert-OH is 1. The van der Waals surface area contributed by atoms with Gasteiger partial charge in [0, 0.05) is 37.9 Å². The Morgan fingerprint density at radius 1 is 1.09 bits per heavy atom. The average molecular weight is 634 g/mol. The van der Waals surface area contributed by atoms with E-state index in [1.54, 1.807) is 11.1 Å². The molecule has 3 atom stereocenters. The fourth-order valence-electron chi connectivity index (χ4n) is 5.57. The molecular formula is C28H36F5N5O4S. The molecule has 3 aromatic rings. The van der Waals surface area contributed by atoms with E-state index in [0.29, 0.717) is 56.0 Å². The molecule has 0 spiro atoms. The zero-order valence-corrected chi connectivity index (χ0v) is 25.1. The van der Waals surface area contributed by atoms with Gasteiger partial charge < -0.3 is 24.5 Å². The lowest BCUT2D eigenvalue weighted by Gasteiger charge is -2.40. The first-order chi connectivity index (χ1) is 19.8. The number of likely N-dealkylation sites (tertiary alicyclic amines) is 1. The standard InChI is InChI=1S/C28H36F5N5O4S/c1-17-15-38(27(40)42-28(2,3)4)16-22(41-17)24-35-23-21(9-12-34-25(23)36-24)18-10-13-37(14-11-18)26(39)19-5-7-20(8-6-19)43(29,30,31,32)33/h5-9,12,17-18,22,27,40H,10-11,13-16H2,1-4H3,(H,34,35,36)/t17-,22-,27?/m1/s1. The van der Waals surface area contributed by atoms with Crippen LogP contribution in [-0.2, 0) is 9.47 Å². The number of rotatable bonds is 6. The number of hydrogen-bond acceptors (Lipinski definition) is 7. The maximum Gasteiger partial charge on any atom is 0.310 e. The van der Waals surface area contributed by atoms with E-state index in [9.17, 15) is 29.3 Å². The summed E-state index contributed by atoms with van der Waals surface area (Å²) in [6, 6.07) is 3.99. The number of pyridine rings is 1. The van der Waals surface area contributed by atoms with Gasteiger partial charge in [0.2, 0.25) is 6.41 Å². The highest BCUT2D eigenvalue weighted by atomic mass is 32.5. The van der Waals surface area contributed by atoms with Crippen molar-refractivity contribution in [2.24, 2.45) is 0 Å². The normalized spacial score (nSPS) is 23.6. The van der Waals surface area contributed by atoms with Crippen LogP contribution >= 0.6 is 10.2 Å². The molecule has 9 nitrogen and oxygen atoms in total. The molecule has 2 aliphatic rings. The number of benzene rings is 1. The van der Waals surface area contributed by atoms with Crippen molar-refractivity contribution in [2.45, 2.75) is 75.6 Å². The first-order valence-electron chi connectivity index (χ1n) is 14.0. The van der Waals surface area contributed by atoms with Gasteiger partial charge in [-0.2, -0.15) is 0 Å². The minimum atomic E-state index is -9.81. The molecule has 15 heteroatoms. The number of fused-ring (bicyclic) bond motifs is 1. The number of imidazole rings is 1. The first-order valence-corrected chi connectivity index (χ1v) is 16.0. The summed E-state index contributed by atoms with van der Waals surface area (Å²) >= 11 is 0. The molecular weight excluding hydrogens is 597 g/mol. The SMILES string of the molecule is C[C@@H]1CN(C(O)OC(C)(C)C)C[C@H](c2nc3c(C4CCN(C(=O)c5ccc(S(F)(F)(F)(F)F)cc5)CC4)ccnc3[nH]2)O1. The van der Waals surface area contributed by atoms with Crippen molar-refractivity contribution >= 4 is 27.3 Å². The molecule has 4 heterocycles. The number of morpholine rings is 1. The molecule has 0 aliphatic carbocycles. The third-order valence-electron chi connectivity index (χ3n) is 7.57. The Kier molecular flexibility index (Phi) is 7.61. The molecule has 1 amide bonds. The van der Waals surface area contributed by atoms with Gasteiger partial charge in [0.25, 0.3) is 5.91 Å². The Bertz CT molecular complexity index is 1490. The Hall–Kier alpha value is -2.85. The number of hydrogen-bond donors (Lipinski definition) is 2. The van der Waals surface area contributed by atoms with E-state index in [1.807, 2.05) is 33.8 Å². The number of piperidine rings is 1. The third kappa shape index (κ3) is 7.28. The maximum absolute atomic E-state index is 13.0.